The second-order valence-electron chi connectivity index (χ2n) is 10.7. The number of nitrogens with zero attached hydrogens (tertiary/aromatic N) is 3. The predicted molar refractivity (Wildman–Crippen MR) is 128 cm³/mol. The molecule has 5 rings (SSSR count). The van der Waals surface area contributed by atoms with Crippen molar-refractivity contribution in [2.75, 3.05) is 26.2 Å². The van der Waals surface area contributed by atoms with Gasteiger partial charge in [0.25, 0.3) is 5.91 Å². The molecule has 7 heteroatoms. The van der Waals surface area contributed by atoms with Gasteiger partial charge >= 0.3 is 0 Å². The summed E-state index contributed by atoms with van der Waals surface area (Å²) in [6.07, 6.45) is 10.7. The number of rotatable bonds is 6. The van der Waals surface area contributed by atoms with Crippen LogP contribution in [0.2, 0.25) is 0 Å². The Morgan fingerprint density at radius 2 is 1.91 bits per heavy atom. The summed E-state index contributed by atoms with van der Waals surface area (Å²) in [6.45, 7) is 8.54. The topological polar surface area (TPSA) is 70.7 Å². The molecule has 1 saturated heterocycles. The second kappa shape index (κ2) is 9.16. The number of furan rings is 1. The molecule has 0 spiro atoms. The van der Waals surface area contributed by atoms with Crippen molar-refractivity contribution in [1.29, 1.82) is 0 Å². The Morgan fingerprint density at radius 1 is 1.15 bits per heavy atom. The standard InChI is InChI=1S/C26H38N4O3/c1-19-7-9-20(10-8-19)27-25(32)26(2)18-29-21-11-16-33-23(21)17-22(29)24(31)30(26)15-6-14-28-12-4-3-5-13-28/h11,16-17,19-20H,3-10,12-15,18H2,1-2H3,(H,27,32)/t19?,20?,26-/m1/s1. The molecule has 0 radical (unpaired) electrons. The lowest BCUT2D eigenvalue weighted by atomic mass is 9.86. The van der Waals surface area contributed by atoms with Crippen LogP contribution in [0.5, 0.6) is 0 Å². The predicted octanol–water partition coefficient (Wildman–Crippen LogP) is 4.02. The molecule has 2 fully saturated rings. The largest absolute Gasteiger partial charge is 0.463 e. The third kappa shape index (κ3) is 4.32. The summed E-state index contributed by atoms with van der Waals surface area (Å²) in [5, 5.41) is 3.32. The van der Waals surface area contributed by atoms with Crippen LogP contribution in [0.3, 0.4) is 0 Å². The first-order valence-corrected chi connectivity index (χ1v) is 12.9. The second-order valence-corrected chi connectivity index (χ2v) is 10.7. The molecule has 180 valence electrons. The highest BCUT2D eigenvalue weighted by atomic mass is 16.3. The number of carbonyl (C=O) groups is 2. The lowest BCUT2D eigenvalue weighted by Gasteiger charge is -2.45. The average Bonchev–Trinajstić information content (AvgIpc) is 3.41. The minimum Gasteiger partial charge on any atom is -0.463 e. The zero-order valence-corrected chi connectivity index (χ0v) is 20.1. The normalized spacial score (nSPS) is 28.8. The van der Waals surface area contributed by atoms with Gasteiger partial charge in [0.15, 0.2) is 5.58 Å². The SMILES string of the molecule is CC1CCC(NC(=O)[C@@]2(C)Cn3c(cc4occc43)C(=O)N2CCCN2CCCCC2)CC1. The van der Waals surface area contributed by atoms with Gasteiger partial charge in [-0.1, -0.05) is 13.3 Å². The number of fused-ring (bicyclic) bond motifs is 3. The minimum absolute atomic E-state index is 0.0237. The summed E-state index contributed by atoms with van der Waals surface area (Å²) in [5.41, 5.74) is 1.30. The van der Waals surface area contributed by atoms with E-state index in [1.165, 1.54) is 19.3 Å². The van der Waals surface area contributed by atoms with Crippen LogP contribution in [-0.2, 0) is 11.3 Å². The number of carbonyl (C=O) groups excluding carboxylic acids is 2. The van der Waals surface area contributed by atoms with Gasteiger partial charge in [0.05, 0.1) is 18.3 Å². The molecule has 1 saturated carbocycles. The third-order valence-electron chi connectivity index (χ3n) is 8.19. The first-order chi connectivity index (χ1) is 16.0. The first-order valence-electron chi connectivity index (χ1n) is 12.9. The Hall–Kier alpha value is -2.28. The van der Waals surface area contributed by atoms with E-state index in [9.17, 15) is 9.59 Å². The maximum atomic E-state index is 13.7. The van der Waals surface area contributed by atoms with Gasteiger partial charge in [-0.05, 0) is 77.4 Å². The van der Waals surface area contributed by atoms with Gasteiger partial charge in [-0.2, -0.15) is 0 Å². The zero-order chi connectivity index (χ0) is 23.0. The number of amides is 2. The molecule has 0 aromatic carbocycles. The van der Waals surface area contributed by atoms with Gasteiger partial charge in [-0.15, -0.1) is 0 Å². The van der Waals surface area contributed by atoms with Crippen molar-refractivity contribution in [1.82, 2.24) is 19.7 Å². The van der Waals surface area contributed by atoms with Crippen molar-refractivity contribution in [2.24, 2.45) is 5.92 Å². The average molecular weight is 455 g/mol. The number of hydrogen-bond donors (Lipinski definition) is 1. The smallest absolute Gasteiger partial charge is 0.271 e. The van der Waals surface area contributed by atoms with Gasteiger partial charge in [0.2, 0.25) is 5.91 Å². The summed E-state index contributed by atoms with van der Waals surface area (Å²) in [7, 11) is 0. The molecular weight excluding hydrogens is 416 g/mol. The van der Waals surface area contributed by atoms with E-state index < -0.39 is 5.54 Å². The number of piperidine rings is 1. The fourth-order valence-corrected chi connectivity index (χ4v) is 6.00. The van der Waals surface area contributed by atoms with Gasteiger partial charge in [0, 0.05) is 24.7 Å². The van der Waals surface area contributed by atoms with Crippen LogP contribution in [0.4, 0.5) is 0 Å². The van der Waals surface area contributed by atoms with E-state index in [0.29, 0.717) is 24.4 Å². The van der Waals surface area contributed by atoms with E-state index in [2.05, 4.69) is 17.1 Å². The molecule has 1 atom stereocenters. The third-order valence-corrected chi connectivity index (χ3v) is 8.19. The summed E-state index contributed by atoms with van der Waals surface area (Å²) in [6, 6.07) is 3.92. The fraction of sp³-hybridized carbons (Fsp3) is 0.692. The highest BCUT2D eigenvalue weighted by Crippen LogP contribution is 2.33. The van der Waals surface area contributed by atoms with Gasteiger partial charge in [0.1, 0.15) is 11.2 Å². The Balaban J connectivity index is 1.37. The van der Waals surface area contributed by atoms with Crippen molar-refractivity contribution in [3.05, 3.63) is 24.1 Å². The lowest BCUT2D eigenvalue weighted by molar-refractivity contribution is -0.133. The highest BCUT2D eigenvalue weighted by molar-refractivity contribution is 6.02. The van der Waals surface area contributed by atoms with E-state index in [0.717, 1.165) is 63.2 Å². The first kappa shape index (κ1) is 22.5. The Bertz CT molecular complexity index is 997. The van der Waals surface area contributed by atoms with Crippen LogP contribution in [0.25, 0.3) is 11.1 Å². The zero-order valence-electron chi connectivity index (χ0n) is 20.1. The molecule has 0 bridgehead atoms. The van der Waals surface area contributed by atoms with Crippen LogP contribution in [0.15, 0.2) is 22.8 Å². The highest BCUT2D eigenvalue weighted by Gasteiger charge is 2.48. The summed E-state index contributed by atoms with van der Waals surface area (Å²) in [5.74, 6) is 0.638. The molecule has 4 heterocycles. The molecule has 33 heavy (non-hydrogen) atoms. The van der Waals surface area contributed by atoms with Crippen LogP contribution in [0.1, 0.15) is 75.7 Å². The fourth-order valence-electron chi connectivity index (χ4n) is 6.00. The molecule has 0 unspecified atom stereocenters. The Kier molecular flexibility index (Phi) is 6.25. The summed E-state index contributed by atoms with van der Waals surface area (Å²) >= 11 is 0. The molecule has 2 aromatic rings. The van der Waals surface area contributed by atoms with Crippen LogP contribution in [0, 0.1) is 5.92 Å². The maximum absolute atomic E-state index is 13.7. The molecule has 3 aliphatic rings. The van der Waals surface area contributed by atoms with Crippen LogP contribution in [-0.4, -0.2) is 63.9 Å². The van der Waals surface area contributed by atoms with E-state index in [1.54, 1.807) is 6.26 Å². The number of hydrogen-bond acceptors (Lipinski definition) is 4. The molecule has 1 N–H and O–H groups in total. The Morgan fingerprint density at radius 3 is 2.67 bits per heavy atom. The van der Waals surface area contributed by atoms with E-state index in [1.807, 2.05) is 28.5 Å². The molecule has 7 nitrogen and oxygen atoms in total. The minimum atomic E-state index is -0.918. The van der Waals surface area contributed by atoms with Crippen LogP contribution >= 0.6 is 0 Å². The molecule has 2 aromatic heterocycles. The van der Waals surface area contributed by atoms with Gasteiger partial charge < -0.3 is 24.1 Å². The van der Waals surface area contributed by atoms with Crippen molar-refractivity contribution in [3.63, 3.8) is 0 Å². The van der Waals surface area contributed by atoms with Crippen LogP contribution < -0.4 is 5.32 Å². The number of likely N-dealkylation sites (tertiary alicyclic amines) is 1. The quantitative estimate of drug-likeness (QED) is 0.716. The van der Waals surface area contributed by atoms with E-state index in [4.69, 9.17) is 4.42 Å². The lowest BCUT2D eigenvalue weighted by Crippen LogP contribution is -2.65. The Labute approximate surface area is 196 Å². The molecule has 2 amide bonds. The summed E-state index contributed by atoms with van der Waals surface area (Å²) < 4.78 is 7.55. The van der Waals surface area contributed by atoms with Gasteiger partial charge in [-0.3, -0.25) is 9.59 Å². The van der Waals surface area contributed by atoms with Crippen molar-refractivity contribution in [2.45, 2.75) is 83.3 Å². The van der Waals surface area contributed by atoms with E-state index >= 15 is 0 Å². The molecule has 1 aliphatic carbocycles. The van der Waals surface area contributed by atoms with Crippen molar-refractivity contribution in [3.8, 4) is 0 Å². The molecular formula is C26H38N4O3. The summed E-state index contributed by atoms with van der Waals surface area (Å²) in [4.78, 5) is 31.8. The van der Waals surface area contributed by atoms with Crippen molar-refractivity contribution < 1.29 is 14.0 Å². The van der Waals surface area contributed by atoms with Crippen molar-refractivity contribution >= 4 is 22.9 Å². The van der Waals surface area contributed by atoms with E-state index in [-0.39, 0.29) is 17.9 Å². The maximum Gasteiger partial charge on any atom is 0.271 e. The molecule has 2 aliphatic heterocycles. The van der Waals surface area contributed by atoms with Gasteiger partial charge in [-0.25, -0.2) is 0 Å². The number of nitrogens with one attached hydrogen (secondary N) is 1. The number of aromatic nitrogens is 1. The monoisotopic (exact) mass is 454 g/mol.